The summed E-state index contributed by atoms with van der Waals surface area (Å²) in [6, 6.07) is 2.00. The quantitative estimate of drug-likeness (QED) is 0.692. The van der Waals surface area contributed by atoms with Crippen molar-refractivity contribution in [2.45, 2.75) is 20.8 Å². The Hall–Kier alpha value is -1.40. The summed E-state index contributed by atoms with van der Waals surface area (Å²) >= 11 is 1.47. The van der Waals surface area contributed by atoms with Gasteiger partial charge >= 0.3 is 0 Å². The van der Waals surface area contributed by atoms with Crippen LogP contribution in [0.4, 0.5) is 0 Å². The Morgan fingerprint density at radius 3 is 2.57 bits per heavy atom. The third kappa shape index (κ3) is 2.82. The van der Waals surface area contributed by atoms with Gasteiger partial charge in [-0.1, -0.05) is 27.0 Å². The maximum absolute atomic E-state index is 8.61. The average molecular weight is 206 g/mol. The van der Waals surface area contributed by atoms with Crippen LogP contribution in [0.5, 0.6) is 0 Å². The predicted molar refractivity (Wildman–Crippen MR) is 62.9 cm³/mol. The number of rotatable bonds is 2. The summed E-state index contributed by atoms with van der Waals surface area (Å²) in [6.45, 7) is 13.1. The highest BCUT2D eigenvalue weighted by Gasteiger charge is 2.08. The molecule has 1 aromatic rings. The third-order valence-electron chi connectivity index (χ3n) is 1.36. The normalized spacial score (nSPS) is 8.14. The van der Waals surface area contributed by atoms with Crippen LogP contribution in [-0.2, 0) is 0 Å². The first-order chi connectivity index (χ1) is 6.69. The van der Waals surface area contributed by atoms with Crippen molar-refractivity contribution in [3.8, 4) is 6.07 Å². The smallest absolute Gasteiger partial charge is 0.100 e. The van der Waals surface area contributed by atoms with Crippen molar-refractivity contribution in [1.29, 1.82) is 5.26 Å². The molecule has 0 aliphatic carbocycles. The summed E-state index contributed by atoms with van der Waals surface area (Å²) in [6.07, 6.45) is 1.64. The molecule has 1 aromatic heterocycles. The van der Waals surface area contributed by atoms with E-state index in [1.807, 2.05) is 26.8 Å². The minimum absolute atomic E-state index is 0.454. The molecule has 0 saturated heterocycles. The molecule has 0 fully saturated rings. The summed E-state index contributed by atoms with van der Waals surface area (Å²) in [5.74, 6) is 0. The van der Waals surface area contributed by atoms with Gasteiger partial charge in [-0.05, 0) is 13.0 Å². The summed E-state index contributed by atoms with van der Waals surface area (Å²) in [5, 5.41) is 9.54. The van der Waals surface area contributed by atoms with Crippen LogP contribution in [0.25, 0.3) is 11.6 Å². The Balaban J connectivity index is 0.000000791. The first kappa shape index (κ1) is 12.6. The minimum atomic E-state index is 0.454. The van der Waals surface area contributed by atoms with E-state index in [4.69, 9.17) is 5.26 Å². The van der Waals surface area contributed by atoms with Crippen LogP contribution in [0.15, 0.2) is 13.2 Å². The van der Waals surface area contributed by atoms with Crippen LogP contribution in [0.3, 0.4) is 0 Å². The lowest BCUT2D eigenvalue weighted by molar-refractivity contribution is 1.27. The second kappa shape index (κ2) is 6.11. The number of aromatic nitrogens is 1. The van der Waals surface area contributed by atoms with Gasteiger partial charge in [0.1, 0.15) is 6.07 Å². The predicted octanol–water partition coefficient (Wildman–Crippen LogP) is 3.66. The molecule has 0 bridgehead atoms. The molecular formula is C11H14N2S. The molecule has 0 radical (unpaired) electrons. The van der Waals surface area contributed by atoms with Crippen LogP contribution in [0.2, 0.25) is 0 Å². The van der Waals surface area contributed by atoms with Crippen molar-refractivity contribution in [1.82, 2.24) is 4.98 Å². The van der Waals surface area contributed by atoms with Crippen molar-refractivity contribution in [2.75, 3.05) is 0 Å². The van der Waals surface area contributed by atoms with Gasteiger partial charge in [0.15, 0.2) is 0 Å². The molecule has 0 amide bonds. The molecule has 0 spiro atoms. The lowest BCUT2D eigenvalue weighted by Gasteiger charge is -1.90. The van der Waals surface area contributed by atoms with Crippen LogP contribution >= 0.6 is 11.3 Å². The van der Waals surface area contributed by atoms with Crippen molar-refractivity contribution >= 4 is 23.0 Å². The fraction of sp³-hybridized carbons (Fsp3) is 0.273. The molecule has 0 unspecified atom stereocenters. The van der Waals surface area contributed by atoms with Crippen molar-refractivity contribution in [3.63, 3.8) is 0 Å². The lowest BCUT2D eigenvalue weighted by Crippen LogP contribution is -1.78. The molecule has 3 heteroatoms. The monoisotopic (exact) mass is 206 g/mol. The van der Waals surface area contributed by atoms with Gasteiger partial charge in [0.25, 0.3) is 0 Å². The topological polar surface area (TPSA) is 36.7 Å². The first-order valence-corrected chi connectivity index (χ1v) is 5.20. The molecule has 14 heavy (non-hydrogen) atoms. The summed E-state index contributed by atoms with van der Waals surface area (Å²) in [4.78, 5) is 5.01. The molecule has 0 aliphatic rings. The van der Waals surface area contributed by atoms with Gasteiger partial charge in [0.05, 0.1) is 21.2 Å². The highest BCUT2D eigenvalue weighted by atomic mass is 32.1. The average Bonchev–Trinajstić information content (AvgIpc) is 2.61. The number of hydrogen-bond acceptors (Lipinski definition) is 3. The molecule has 0 atom stereocenters. The molecular weight excluding hydrogens is 192 g/mol. The summed E-state index contributed by atoms with van der Waals surface area (Å²) < 4.78 is 0. The van der Waals surface area contributed by atoms with Gasteiger partial charge in [-0.3, -0.25) is 0 Å². The van der Waals surface area contributed by atoms with Crippen LogP contribution in [-0.4, -0.2) is 4.98 Å². The van der Waals surface area contributed by atoms with Crippen LogP contribution < -0.4 is 0 Å². The van der Waals surface area contributed by atoms with Gasteiger partial charge < -0.3 is 0 Å². The Labute approximate surface area is 89.2 Å². The lowest BCUT2D eigenvalue weighted by atomic mass is 10.2. The van der Waals surface area contributed by atoms with E-state index in [0.717, 1.165) is 15.6 Å². The summed E-state index contributed by atoms with van der Waals surface area (Å²) in [7, 11) is 0. The third-order valence-corrected chi connectivity index (χ3v) is 2.41. The van der Waals surface area contributed by atoms with Crippen molar-refractivity contribution in [3.05, 3.63) is 28.7 Å². The van der Waals surface area contributed by atoms with E-state index in [9.17, 15) is 0 Å². The minimum Gasteiger partial charge on any atom is -0.241 e. The number of thiazole rings is 1. The molecule has 0 saturated carbocycles. The van der Waals surface area contributed by atoms with E-state index in [2.05, 4.69) is 18.1 Å². The molecule has 0 aliphatic heterocycles. The Kier molecular flexibility index (Phi) is 5.50. The van der Waals surface area contributed by atoms with E-state index in [1.54, 1.807) is 6.08 Å². The Bertz CT molecular complexity index is 369. The zero-order valence-corrected chi connectivity index (χ0v) is 9.61. The molecule has 1 rings (SSSR count). The Morgan fingerprint density at radius 1 is 1.57 bits per heavy atom. The SMILES string of the molecule is C=Cc1nc(C)sc1C(=C)C#N.CC. The zero-order valence-electron chi connectivity index (χ0n) is 8.79. The van der Waals surface area contributed by atoms with Gasteiger partial charge in [-0.15, -0.1) is 11.3 Å². The van der Waals surface area contributed by atoms with Gasteiger partial charge in [-0.25, -0.2) is 4.98 Å². The Morgan fingerprint density at radius 2 is 2.14 bits per heavy atom. The highest BCUT2D eigenvalue weighted by molar-refractivity contribution is 7.13. The fourth-order valence-electron chi connectivity index (χ4n) is 0.849. The molecule has 2 nitrogen and oxygen atoms in total. The molecule has 74 valence electrons. The maximum Gasteiger partial charge on any atom is 0.100 e. The van der Waals surface area contributed by atoms with Crippen LogP contribution in [0.1, 0.15) is 29.4 Å². The number of nitriles is 1. The number of aryl methyl sites for hydroxylation is 1. The largest absolute Gasteiger partial charge is 0.241 e. The second-order valence-corrected chi connectivity index (χ2v) is 3.44. The highest BCUT2D eigenvalue weighted by Crippen LogP contribution is 2.25. The van der Waals surface area contributed by atoms with E-state index in [-0.39, 0.29) is 0 Å². The van der Waals surface area contributed by atoms with Gasteiger partial charge in [-0.2, -0.15) is 5.26 Å². The second-order valence-electron chi connectivity index (χ2n) is 2.24. The zero-order chi connectivity index (χ0) is 11.1. The van der Waals surface area contributed by atoms with Crippen LogP contribution in [0, 0.1) is 18.3 Å². The molecule has 0 aromatic carbocycles. The maximum atomic E-state index is 8.61. The molecule has 0 N–H and O–H groups in total. The first-order valence-electron chi connectivity index (χ1n) is 4.38. The van der Waals surface area contributed by atoms with Crippen molar-refractivity contribution in [2.24, 2.45) is 0 Å². The van der Waals surface area contributed by atoms with Gasteiger partial charge in [0, 0.05) is 0 Å². The fourth-order valence-corrected chi connectivity index (χ4v) is 1.69. The van der Waals surface area contributed by atoms with E-state index < -0.39 is 0 Å². The number of nitrogens with zero attached hydrogens (tertiary/aromatic N) is 2. The van der Waals surface area contributed by atoms with E-state index in [0.29, 0.717) is 5.57 Å². The summed E-state index contributed by atoms with van der Waals surface area (Å²) in [5.41, 5.74) is 1.21. The number of allylic oxidation sites excluding steroid dienone is 1. The number of hydrogen-bond donors (Lipinski definition) is 0. The van der Waals surface area contributed by atoms with Gasteiger partial charge in [0.2, 0.25) is 0 Å². The van der Waals surface area contributed by atoms with Crippen molar-refractivity contribution < 1.29 is 0 Å². The standard InChI is InChI=1S/C9H8N2S.C2H6/c1-4-8-9(6(2)5-10)12-7(3)11-8;1-2/h4H,1-2H2,3H3;1-2H3. The molecule has 1 heterocycles. The van der Waals surface area contributed by atoms with E-state index in [1.165, 1.54) is 11.3 Å². The van der Waals surface area contributed by atoms with E-state index >= 15 is 0 Å².